The number of phenolic OH excluding ortho intramolecular Hbond substituents is 1. The normalized spacial score (nSPS) is 11.7. The number of aromatic hydroxyl groups is 1. The average Bonchev–Trinajstić information content (AvgIpc) is 2.54. The van der Waals surface area contributed by atoms with Crippen LogP contribution in [0.2, 0.25) is 0 Å². The summed E-state index contributed by atoms with van der Waals surface area (Å²) < 4.78 is 0. The van der Waals surface area contributed by atoms with Gasteiger partial charge in [-0.05, 0) is 49.9 Å². The van der Waals surface area contributed by atoms with Crippen LogP contribution in [0, 0.1) is 6.92 Å². The molecule has 0 fully saturated rings. The van der Waals surface area contributed by atoms with E-state index in [9.17, 15) is 9.90 Å². The minimum Gasteiger partial charge on any atom is -0.508 e. The molecule has 2 aromatic rings. The zero-order valence-electron chi connectivity index (χ0n) is 13.7. The Morgan fingerprint density at radius 1 is 1.04 bits per heavy atom. The standard InChI is InChI=1S/C19H24N2O2/c1-14-3-6-17(7-4-14)13-20-19(23)21-15(2)5-8-16-9-11-18(22)12-10-16/h3-4,6-7,9-12,15,22H,5,8,13H2,1-2H3,(H2,20,21,23)/t15-/m0/s1. The van der Waals surface area contributed by atoms with Gasteiger partial charge in [-0.3, -0.25) is 0 Å². The smallest absolute Gasteiger partial charge is 0.315 e. The molecule has 0 saturated carbocycles. The molecule has 0 saturated heterocycles. The molecule has 0 aliphatic rings. The lowest BCUT2D eigenvalue weighted by Crippen LogP contribution is -2.40. The highest BCUT2D eigenvalue weighted by atomic mass is 16.3. The summed E-state index contributed by atoms with van der Waals surface area (Å²) in [7, 11) is 0. The van der Waals surface area contributed by atoms with Crippen molar-refractivity contribution in [2.75, 3.05) is 0 Å². The number of hydrogen-bond donors (Lipinski definition) is 3. The maximum absolute atomic E-state index is 11.9. The molecule has 0 heterocycles. The topological polar surface area (TPSA) is 61.4 Å². The zero-order valence-corrected chi connectivity index (χ0v) is 13.7. The van der Waals surface area contributed by atoms with Crippen LogP contribution in [0.3, 0.4) is 0 Å². The quantitative estimate of drug-likeness (QED) is 0.764. The highest BCUT2D eigenvalue weighted by Gasteiger charge is 2.07. The molecule has 0 unspecified atom stereocenters. The molecule has 0 aliphatic heterocycles. The largest absolute Gasteiger partial charge is 0.508 e. The number of rotatable bonds is 6. The number of amides is 2. The molecule has 122 valence electrons. The van der Waals surface area contributed by atoms with Crippen molar-refractivity contribution in [1.82, 2.24) is 10.6 Å². The van der Waals surface area contributed by atoms with Crippen molar-refractivity contribution >= 4 is 6.03 Å². The van der Waals surface area contributed by atoms with E-state index in [0.717, 1.165) is 24.0 Å². The molecule has 0 aliphatic carbocycles. The van der Waals surface area contributed by atoms with Gasteiger partial charge >= 0.3 is 6.03 Å². The number of hydrogen-bond acceptors (Lipinski definition) is 2. The van der Waals surface area contributed by atoms with Gasteiger partial charge in [0, 0.05) is 12.6 Å². The van der Waals surface area contributed by atoms with Crippen molar-refractivity contribution in [2.24, 2.45) is 0 Å². The van der Waals surface area contributed by atoms with E-state index in [1.807, 2.05) is 50.2 Å². The first-order chi connectivity index (χ1) is 11.0. The highest BCUT2D eigenvalue weighted by Crippen LogP contribution is 2.11. The third kappa shape index (κ3) is 6.02. The summed E-state index contributed by atoms with van der Waals surface area (Å²) in [4.78, 5) is 11.9. The lowest BCUT2D eigenvalue weighted by molar-refractivity contribution is 0.237. The number of nitrogens with one attached hydrogen (secondary N) is 2. The van der Waals surface area contributed by atoms with Gasteiger partial charge in [0.15, 0.2) is 0 Å². The summed E-state index contributed by atoms with van der Waals surface area (Å²) in [5.41, 5.74) is 3.44. The fourth-order valence-electron chi connectivity index (χ4n) is 2.28. The number of carbonyl (C=O) groups is 1. The van der Waals surface area contributed by atoms with Crippen molar-refractivity contribution < 1.29 is 9.90 Å². The molecular formula is C19H24N2O2. The van der Waals surface area contributed by atoms with Crippen LogP contribution in [0.15, 0.2) is 48.5 Å². The van der Waals surface area contributed by atoms with Crippen LogP contribution >= 0.6 is 0 Å². The number of aryl methyl sites for hydroxylation is 2. The van der Waals surface area contributed by atoms with E-state index >= 15 is 0 Å². The van der Waals surface area contributed by atoms with Crippen molar-refractivity contribution in [3.8, 4) is 5.75 Å². The Morgan fingerprint density at radius 3 is 2.30 bits per heavy atom. The van der Waals surface area contributed by atoms with Crippen molar-refractivity contribution in [2.45, 2.75) is 39.3 Å². The van der Waals surface area contributed by atoms with Crippen LogP contribution < -0.4 is 10.6 Å². The Hall–Kier alpha value is -2.49. The van der Waals surface area contributed by atoms with Gasteiger partial charge < -0.3 is 15.7 Å². The van der Waals surface area contributed by atoms with Gasteiger partial charge in [0.25, 0.3) is 0 Å². The SMILES string of the molecule is Cc1ccc(CNC(=O)N[C@@H](C)CCc2ccc(O)cc2)cc1. The van der Waals surface area contributed by atoms with Crippen LogP contribution in [-0.2, 0) is 13.0 Å². The number of phenols is 1. The molecule has 2 rings (SSSR count). The lowest BCUT2D eigenvalue weighted by Gasteiger charge is -2.15. The summed E-state index contributed by atoms with van der Waals surface area (Å²) in [6, 6.07) is 15.2. The molecule has 2 amide bonds. The van der Waals surface area contributed by atoms with Gasteiger partial charge in [0.05, 0.1) is 0 Å². The predicted octanol–water partition coefficient (Wildman–Crippen LogP) is 3.52. The second kappa shape index (κ2) is 8.22. The monoisotopic (exact) mass is 312 g/mol. The molecule has 2 aromatic carbocycles. The van der Waals surface area contributed by atoms with E-state index in [2.05, 4.69) is 10.6 Å². The average molecular weight is 312 g/mol. The summed E-state index contributed by atoms with van der Waals surface area (Å²) in [5.74, 6) is 0.274. The predicted molar refractivity (Wildman–Crippen MR) is 92.4 cm³/mol. The van der Waals surface area contributed by atoms with Crippen LogP contribution in [0.5, 0.6) is 5.75 Å². The van der Waals surface area contributed by atoms with Gasteiger partial charge in [0.2, 0.25) is 0 Å². The van der Waals surface area contributed by atoms with E-state index in [-0.39, 0.29) is 17.8 Å². The van der Waals surface area contributed by atoms with Crippen molar-refractivity contribution in [1.29, 1.82) is 0 Å². The summed E-state index contributed by atoms with van der Waals surface area (Å²) in [6.45, 7) is 4.56. The first kappa shape index (κ1) is 16.9. The van der Waals surface area contributed by atoms with Gasteiger partial charge in [-0.2, -0.15) is 0 Å². The third-order valence-electron chi connectivity index (χ3n) is 3.75. The Balaban J connectivity index is 1.69. The molecule has 1 atom stereocenters. The third-order valence-corrected chi connectivity index (χ3v) is 3.75. The van der Waals surface area contributed by atoms with E-state index < -0.39 is 0 Å². The van der Waals surface area contributed by atoms with Crippen LogP contribution in [0.4, 0.5) is 4.79 Å². The Labute approximate surface area is 137 Å². The van der Waals surface area contributed by atoms with Crippen LogP contribution in [0.25, 0.3) is 0 Å². The number of benzene rings is 2. The maximum Gasteiger partial charge on any atom is 0.315 e. The number of carbonyl (C=O) groups excluding carboxylic acids is 1. The fraction of sp³-hybridized carbons (Fsp3) is 0.316. The first-order valence-electron chi connectivity index (χ1n) is 7.91. The second-order valence-electron chi connectivity index (χ2n) is 5.92. The molecule has 3 N–H and O–H groups in total. The van der Waals surface area contributed by atoms with Crippen LogP contribution in [-0.4, -0.2) is 17.2 Å². The van der Waals surface area contributed by atoms with E-state index in [0.29, 0.717) is 6.54 Å². The maximum atomic E-state index is 11.9. The van der Waals surface area contributed by atoms with E-state index in [1.54, 1.807) is 12.1 Å². The molecule has 0 aromatic heterocycles. The van der Waals surface area contributed by atoms with E-state index in [4.69, 9.17) is 0 Å². The summed E-state index contributed by atoms with van der Waals surface area (Å²) in [5, 5.41) is 15.1. The molecule has 23 heavy (non-hydrogen) atoms. The summed E-state index contributed by atoms with van der Waals surface area (Å²) in [6.07, 6.45) is 1.71. The molecule has 0 radical (unpaired) electrons. The molecule has 4 heteroatoms. The Bertz CT molecular complexity index is 621. The minimum absolute atomic E-state index is 0.0850. The first-order valence-corrected chi connectivity index (χ1v) is 7.91. The Morgan fingerprint density at radius 2 is 1.65 bits per heavy atom. The van der Waals surface area contributed by atoms with Crippen molar-refractivity contribution in [3.05, 3.63) is 65.2 Å². The Kier molecular flexibility index (Phi) is 6.03. The second-order valence-corrected chi connectivity index (χ2v) is 5.92. The summed E-state index contributed by atoms with van der Waals surface area (Å²) >= 11 is 0. The molecule has 0 bridgehead atoms. The van der Waals surface area contributed by atoms with Crippen molar-refractivity contribution in [3.63, 3.8) is 0 Å². The highest BCUT2D eigenvalue weighted by molar-refractivity contribution is 5.74. The van der Waals surface area contributed by atoms with E-state index in [1.165, 1.54) is 5.56 Å². The zero-order chi connectivity index (χ0) is 16.7. The van der Waals surface area contributed by atoms with Crippen LogP contribution in [0.1, 0.15) is 30.0 Å². The lowest BCUT2D eigenvalue weighted by atomic mass is 10.1. The molecule has 4 nitrogen and oxygen atoms in total. The minimum atomic E-state index is -0.149. The van der Waals surface area contributed by atoms with Gasteiger partial charge in [-0.25, -0.2) is 4.79 Å². The molecular weight excluding hydrogens is 288 g/mol. The fourth-order valence-corrected chi connectivity index (χ4v) is 2.28. The van der Waals surface area contributed by atoms with Gasteiger partial charge in [-0.1, -0.05) is 42.0 Å². The van der Waals surface area contributed by atoms with Gasteiger partial charge in [-0.15, -0.1) is 0 Å². The number of urea groups is 1. The van der Waals surface area contributed by atoms with Gasteiger partial charge in [0.1, 0.15) is 5.75 Å². The molecule has 0 spiro atoms.